The van der Waals surface area contributed by atoms with Crippen LogP contribution in [0.15, 0.2) is 0 Å². The van der Waals surface area contributed by atoms with E-state index < -0.39 is 15.8 Å². The molecule has 1 nitrogen and oxygen atoms in total. The molecule has 1 atom stereocenters. The number of hydrogen-bond donors (Lipinski definition) is 0. The van der Waals surface area contributed by atoms with Crippen LogP contribution < -0.4 is 0 Å². The minimum absolute atomic E-state index is 0.459. The molecule has 0 aliphatic rings. The molecule has 0 saturated heterocycles. The van der Waals surface area contributed by atoms with Gasteiger partial charge in [-0.1, -0.05) is 55.4 Å². The number of halogens is 2. The Balaban J connectivity index is 5.41. The molecule has 0 aromatic carbocycles. The smallest absolute Gasteiger partial charge is 0.228 e. The second-order valence-corrected chi connectivity index (χ2v) is 16.7. The summed E-state index contributed by atoms with van der Waals surface area (Å²) >= 11 is 13.9. The summed E-state index contributed by atoms with van der Waals surface area (Å²) in [7, 11) is -3.44. The Bertz CT molecular complexity index is 225. The van der Waals surface area contributed by atoms with Crippen molar-refractivity contribution < 1.29 is 0 Å². The van der Waals surface area contributed by atoms with Crippen LogP contribution in [-0.4, -0.2) is 26.1 Å². The fourth-order valence-electron chi connectivity index (χ4n) is 2.45. The van der Waals surface area contributed by atoms with E-state index in [1.54, 1.807) is 0 Å². The molecule has 5 heteroatoms. The molecule has 104 valence electrons. The summed E-state index contributed by atoms with van der Waals surface area (Å²) in [5.74, 6) is 0. The Hall–Kier alpha value is 0.974. The average molecular weight is 314 g/mol. The van der Waals surface area contributed by atoms with Crippen molar-refractivity contribution in [1.82, 2.24) is 4.23 Å². The van der Waals surface area contributed by atoms with Crippen molar-refractivity contribution in [3.05, 3.63) is 0 Å². The highest BCUT2D eigenvalue weighted by Gasteiger charge is 2.48. The third-order valence-electron chi connectivity index (χ3n) is 3.39. The van der Waals surface area contributed by atoms with Crippen molar-refractivity contribution in [2.24, 2.45) is 0 Å². The molecule has 0 aromatic rings. The molecular weight excluding hydrogens is 285 g/mol. The molecule has 0 N–H and O–H groups in total. The largest absolute Gasteiger partial charge is 0.321 e. The molecule has 0 fully saturated rings. The van der Waals surface area contributed by atoms with Crippen LogP contribution in [0.5, 0.6) is 0 Å². The van der Waals surface area contributed by atoms with Gasteiger partial charge in [0.1, 0.15) is 0 Å². The molecule has 0 spiro atoms. The molecule has 0 aliphatic heterocycles. The van der Waals surface area contributed by atoms with Crippen molar-refractivity contribution in [1.29, 1.82) is 0 Å². The molecule has 17 heavy (non-hydrogen) atoms. The van der Waals surface area contributed by atoms with Gasteiger partial charge < -0.3 is 4.23 Å². The Kier molecular flexibility index (Phi) is 7.34. The molecule has 1 unspecified atom stereocenters. The molecule has 0 rings (SSSR count). The summed E-state index contributed by atoms with van der Waals surface area (Å²) in [5.41, 5.74) is 1.61. The van der Waals surface area contributed by atoms with Crippen LogP contribution >= 0.6 is 22.2 Å². The maximum absolute atomic E-state index is 7.12. The first kappa shape index (κ1) is 18.0. The molecular formula is C12H29Cl2NSi2. The van der Waals surface area contributed by atoms with Gasteiger partial charge in [0.15, 0.2) is 0 Å². The fourth-order valence-corrected chi connectivity index (χ4v) is 15.3. The topological polar surface area (TPSA) is 3.24 Å². The lowest BCUT2D eigenvalue weighted by molar-refractivity contribution is 0.500. The minimum atomic E-state index is -1.99. The minimum Gasteiger partial charge on any atom is -0.321 e. The second-order valence-electron chi connectivity index (χ2n) is 6.15. The summed E-state index contributed by atoms with van der Waals surface area (Å²) in [6.07, 6.45) is 0. The van der Waals surface area contributed by atoms with E-state index in [1.165, 1.54) is 0 Å². The normalized spacial score (nSPS) is 15.7. The van der Waals surface area contributed by atoms with E-state index in [0.29, 0.717) is 22.7 Å². The standard InChI is InChI=1S/C12H29Cl2NSi2/c1-9(2)15(16(13)10(3)4)17(14,11(5)6)12(7)8/h9-12,16H,1-8H3. The van der Waals surface area contributed by atoms with E-state index in [4.69, 9.17) is 22.2 Å². The summed E-state index contributed by atoms with van der Waals surface area (Å²) in [4.78, 5) is 0. The van der Waals surface area contributed by atoms with Crippen molar-refractivity contribution >= 4 is 38.0 Å². The van der Waals surface area contributed by atoms with Crippen molar-refractivity contribution in [2.75, 3.05) is 0 Å². The highest BCUT2D eigenvalue weighted by molar-refractivity contribution is 7.26. The van der Waals surface area contributed by atoms with Crippen LogP contribution in [0, 0.1) is 0 Å². The first-order valence-corrected chi connectivity index (χ1v) is 12.7. The Morgan fingerprint density at radius 3 is 1.41 bits per heavy atom. The fraction of sp³-hybridized carbons (Fsp3) is 1.00. The predicted molar refractivity (Wildman–Crippen MR) is 86.9 cm³/mol. The molecule has 0 heterocycles. The zero-order valence-corrected chi connectivity index (χ0v) is 16.3. The van der Waals surface area contributed by atoms with E-state index in [2.05, 4.69) is 59.6 Å². The van der Waals surface area contributed by atoms with Crippen LogP contribution in [0.4, 0.5) is 0 Å². The maximum Gasteiger partial charge on any atom is 0.228 e. The second kappa shape index (κ2) is 6.94. The van der Waals surface area contributed by atoms with Gasteiger partial charge in [-0.3, -0.25) is 0 Å². The third-order valence-corrected chi connectivity index (χ3v) is 18.6. The quantitative estimate of drug-likeness (QED) is 0.489. The van der Waals surface area contributed by atoms with Gasteiger partial charge >= 0.3 is 0 Å². The average Bonchev–Trinajstić information content (AvgIpc) is 2.15. The van der Waals surface area contributed by atoms with Crippen LogP contribution in [0.3, 0.4) is 0 Å². The van der Waals surface area contributed by atoms with Gasteiger partial charge in [-0.2, -0.15) is 11.1 Å². The van der Waals surface area contributed by atoms with E-state index in [-0.39, 0.29) is 0 Å². The third kappa shape index (κ3) is 3.97. The highest BCUT2D eigenvalue weighted by Crippen LogP contribution is 2.42. The summed E-state index contributed by atoms with van der Waals surface area (Å²) in [5, 5.41) is 0. The van der Waals surface area contributed by atoms with E-state index in [9.17, 15) is 0 Å². The molecule has 0 aliphatic carbocycles. The monoisotopic (exact) mass is 313 g/mol. The van der Waals surface area contributed by atoms with Crippen LogP contribution in [0.2, 0.25) is 16.6 Å². The van der Waals surface area contributed by atoms with E-state index in [1.807, 2.05) is 0 Å². The van der Waals surface area contributed by atoms with Crippen LogP contribution in [-0.2, 0) is 0 Å². The van der Waals surface area contributed by atoms with Crippen molar-refractivity contribution in [2.45, 2.75) is 78.1 Å². The lowest BCUT2D eigenvalue weighted by Crippen LogP contribution is -2.61. The summed E-state index contributed by atoms with van der Waals surface area (Å²) in [6.45, 7) is 18.0. The van der Waals surface area contributed by atoms with E-state index >= 15 is 0 Å². The van der Waals surface area contributed by atoms with Gasteiger partial charge in [0, 0.05) is 0 Å². The lowest BCUT2D eigenvalue weighted by atomic mass is 10.4. The maximum atomic E-state index is 7.12. The first-order chi connectivity index (χ1) is 7.56. The van der Waals surface area contributed by atoms with Crippen LogP contribution in [0.25, 0.3) is 0 Å². The number of nitrogens with zero attached hydrogens (tertiary/aromatic N) is 1. The van der Waals surface area contributed by atoms with Gasteiger partial charge in [-0.05, 0) is 22.7 Å². The van der Waals surface area contributed by atoms with Gasteiger partial charge in [-0.25, -0.2) is 0 Å². The molecule has 0 radical (unpaired) electrons. The van der Waals surface area contributed by atoms with E-state index in [0.717, 1.165) is 0 Å². The highest BCUT2D eigenvalue weighted by atomic mass is 35.6. The number of hydrogen-bond acceptors (Lipinski definition) is 1. The SMILES string of the molecule is CC(C)N([SiH](Cl)C(C)C)[Si](Cl)(C(C)C)C(C)C. The molecule has 0 bridgehead atoms. The van der Waals surface area contributed by atoms with Crippen LogP contribution in [0.1, 0.15) is 55.4 Å². The molecule has 0 saturated carbocycles. The van der Waals surface area contributed by atoms with Gasteiger partial charge in [-0.15, -0.1) is 11.1 Å². The summed E-state index contributed by atoms with van der Waals surface area (Å²) in [6, 6.07) is 0.459. The Morgan fingerprint density at radius 1 is 0.882 bits per heavy atom. The van der Waals surface area contributed by atoms with Gasteiger partial charge in [0.2, 0.25) is 15.8 Å². The zero-order valence-electron chi connectivity index (χ0n) is 12.6. The predicted octanol–water partition coefficient (Wildman–Crippen LogP) is 5.07. The Morgan fingerprint density at radius 2 is 1.24 bits per heavy atom. The van der Waals surface area contributed by atoms with Gasteiger partial charge in [0.05, 0.1) is 0 Å². The zero-order chi connectivity index (χ0) is 14.0. The summed E-state index contributed by atoms with van der Waals surface area (Å²) < 4.78 is 2.55. The lowest BCUT2D eigenvalue weighted by Gasteiger charge is -2.48. The van der Waals surface area contributed by atoms with Crippen molar-refractivity contribution in [3.63, 3.8) is 0 Å². The molecule has 0 aromatic heterocycles. The Labute approximate surface area is 120 Å². The van der Waals surface area contributed by atoms with Crippen molar-refractivity contribution in [3.8, 4) is 0 Å². The number of rotatable bonds is 6. The first-order valence-electron chi connectivity index (χ1n) is 6.68. The van der Waals surface area contributed by atoms with Gasteiger partial charge in [0.25, 0.3) is 0 Å². The molecule has 0 amide bonds.